The highest BCUT2D eigenvalue weighted by Crippen LogP contribution is 2.33. The molecule has 1 atom stereocenters. The SMILES string of the molecule is Cc1cc2c(N3CCCC3CNC(C)(C)C)ncnc2s1. The summed E-state index contributed by atoms with van der Waals surface area (Å²) < 4.78 is 0. The highest BCUT2D eigenvalue weighted by Gasteiger charge is 2.28. The maximum Gasteiger partial charge on any atom is 0.141 e. The molecule has 0 saturated carbocycles. The van der Waals surface area contributed by atoms with Crippen molar-refractivity contribution in [3.05, 3.63) is 17.3 Å². The molecule has 1 unspecified atom stereocenters. The standard InChI is InChI=1S/C16H24N4S/c1-11-8-13-14(17-10-18-15(13)21-11)20-7-5-6-12(20)9-19-16(2,3)4/h8,10,12,19H,5-7,9H2,1-4H3. The van der Waals surface area contributed by atoms with Crippen molar-refractivity contribution in [2.24, 2.45) is 0 Å². The second-order valence-corrected chi connectivity index (χ2v) is 8.13. The summed E-state index contributed by atoms with van der Waals surface area (Å²) in [7, 11) is 0. The molecule has 2 aromatic rings. The molecule has 0 radical (unpaired) electrons. The van der Waals surface area contributed by atoms with Gasteiger partial charge in [0.1, 0.15) is 17.0 Å². The van der Waals surface area contributed by atoms with Gasteiger partial charge in [-0.3, -0.25) is 0 Å². The molecular formula is C16H24N4S. The molecule has 1 N–H and O–H groups in total. The van der Waals surface area contributed by atoms with Gasteiger partial charge in [0.2, 0.25) is 0 Å². The summed E-state index contributed by atoms with van der Waals surface area (Å²) in [5.41, 5.74) is 0.161. The van der Waals surface area contributed by atoms with Crippen LogP contribution in [0.15, 0.2) is 12.4 Å². The number of nitrogens with zero attached hydrogens (tertiary/aromatic N) is 3. The van der Waals surface area contributed by atoms with Crippen LogP contribution in [0, 0.1) is 6.92 Å². The van der Waals surface area contributed by atoms with E-state index in [9.17, 15) is 0 Å². The van der Waals surface area contributed by atoms with E-state index in [1.165, 1.54) is 23.1 Å². The van der Waals surface area contributed by atoms with E-state index in [-0.39, 0.29) is 5.54 Å². The quantitative estimate of drug-likeness (QED) is 0.944. The van der Waals surface area contributed by atoms with Crippen LogP contribution in [0.25, 0.3) is 10.2 Å². The summed E-state index contributed by atoms with van der Waals surface area (Å²) in [5.74, 6) is 1.11. The predicted octanol–water partition coefficient (Wildman–Crippen LogP) is 3.36. The second-order valence-electron chi connectivity index (χ2n) is 6.89. The maximum absolute atomic E-state index is 4.59. The lowest BCUT2D eigenvalue weighted by Gasteiger charge is -2.30. The Morgan fingerprint density at radius 1 is 1.38 bits per heavy atom. The first-order chi connectivity index (χ1) is 9.94. The van der Waals surface area contributed by atoms with Crippen molar-refractivity contribution in [2.45, 2.75) is 52.1 Å². The summed E-state index contributed by atoms with van der Waals surface area (Å²) in [6.45, 7) is 10.9. The van der Waals surface area contributed by atoms with Crippen LogP contribution in [0.1, 0.15) is 38.5 Å². The van der Waals surface area contributed by atoms with Gasteiger partial charge < -0.3 is 10.2 Å². The molecule has 1 saturated heterocycles. The summed E-state index contributed by atoms with van der Waals surface area (Å²) in [4.78, 5) is 13.9. The lowest BCUT2D eigenvalue weighted by atomic mass is 10.1. The Morgan fingerprint density at radius 2 is 2.19 bits per heavy atom. The number of rotatable bonds is 3. The van der Waals surface area contributed by atoms with Crippen LogP contribution in [0.5, 0.6) is 0 Å². The van der Waals surface area contributed by atoms with Crippen LogP contribution in [-0.4, -0.2) is 34.6 Å². The summed E-state index contributed by atoms with van der Waals surface area (Å²) in [6, 6.07) is 2.75. The third-order valence-electron chi connectivity index (χ3n) is 3.95. The Balaban J connectivity index is 1.86. The van der Waals surface area contributed by atoms with Crippen LogP contribution >= 0.6 is 11.3 Å². The molecule has 1 fully saturated rings. The Labute approximate surface area is 130 Å². The topological polar surface area (TPSA) is 41.0 Å². The average Bonchev–Trinajstić information content (AvgIpc) is 2.99. The van der Waals surface area contributed by atoms with Crippen molar-refractivity contribution in [1.29, 1.82) is 0 Å². The fourth-order valence-electron chi connectivity index (χ4n) is 2.94. The Bertz CT molecular complexity index is 629. The number of nitrogens with one attached hydrogen (secondary N) is 1. The highest BCUT2D eigenvalue weighted by molar-refractivity contribution is 7.18. The van der Waals surface area contributed by atoms with Gasteiger partial charge in [-0.05, 0) is 46.6 Å². The van der Waals surface area contributed by atoms with Crippen LogP contribution < -0.4 is 10.2 Å². The maximum atomic E-state index is 4.59. The predicted molar refractivity (Wildman–Crippen MR) is 90.3 cm³/mol. The monoisotopic (exact) mass is 304 g/mol. The number of fused-ring (bicyclic) bond motifs is 1. The average molecular weight is 304 g/mol. The van der Waals surface area contributed by atoms with Crippen molar-refractivity contribution >= 4 is 27.4 Å². The van der Waals surface area contributed by atoms with Gasteiger partial charge >= 0.3 is 0 Å². The van der Waals surface area contributed by atoms with Gasteiger partial charge in [-0.15, -0.1) is 11.3 Å². The van der Waals surface area contributed by atoms with E-state index in [2.05, 4.69) is 53.9 Å². The molecule has 0 aliphatic carbocycles. The molecule has 2 aromatic heterocycles. The van der Waals surface area contributed by atoms with Crippen molar-refractivity contribution in [3.8, 4) is 0 Å². The van der Waals surface area contributed by atoms with Gasteiger partial charge in [0, 0.05) is 29.5 Å². The van der Waals surface area contributed by atoms with Crippen molar-refractivity contribution in [3.63, 3.8) is 0 Å². The van der Waals surface area contributed by atoms with Crippen LogP contribution in [-0.2, 0) is 0 Å². The third-order valence-corrected chi connectivity index (χ3v) is 4.91. The first-order valence-electron chi connectivity index (χ1n) is 7.67. The molecule has 114 valence electrons. The van der Waals surface area contributed by atoms with Gasteiger partial charge in [-0.1, -0.05) is 0 Å². The van der Waals surface area contributed by atoms with E-state index >= 15 is 0 Å². The molecular weight excluding hydrogens is 280 g/mol. The zero-order chi connectivity index (χ0) is 15.0. The number of anilines is 1. The van der Waals surface area contributed by atoms with Crippen LogP contribution in [0.3, 0.4) is 0 Å². The van der Waals surface area contributed by atoms with E-state index in [1.54, 1.807) is 17.7 Å². The number of thiophene rings is 1. The van der Waals surface area contributed by atoms with Gasteiger partial charge in [-0.2, -0.15) is 0 Å². The molecule has 0 aromatic carbocycles. The minimum Gasteiger partial charge on any atom is -0.352 e. The zero-order valence-electron chi connectivity index (χ0n) is 13.3. The minimum absolute atomic E-state index is 0.161. The second kappa shape index (κ2) is 5.54. The van der Waals surface area contributed by atoms with E-state index in [1.807, 2.05) is 0 Å². The van der Waals surface area contributed by atoms with E-state index < -0.39 is 0 Å². The largest absolute Gasteiger partial charge is 0.352 e. The molecule has 5 heteroatoms. The molecule has 0 amide bonds. The number of aryl methyl sites for hydroxylation is 1. The minimum atomic E-state index is 0.161. The normalized spacial score (nSPS) is 19.6. The zero-order valence-corrected chi connectivity index (χ0v) is 14.1. The Hall–Kier alpha value is -1.20. The van der Waals surface area contributed by atoms with Gasteiger partial charge in [0.05, 0.1) is 5.39 Å². The molecule has 1 aliphatic heterocycles. The number of hydrogen-bond donors (Lipinski definition) is 1. The molecule has 0 bridgehead atoms. The molecule has 1 aliphatic rings. The van der Waals surface area contributed by atoms with Gasteiger partial charge in [0.25, 0.3) is 0 Å². The Morgan fingerprint density at radius 3 is 2.95 bits per heavy atom. The Kier molecular flexibility index (Phi) is 3.88. The first kappa shape index (κ1) is 14.7. The van der Waals surface area contributed by atoms with E-state index in [4.69, 9.17) is 0 Å². The fourth-order valence-corrected chi connectivity index (χ4v) is 3.78. The third kappa shape index (κ3) is 3.19. The smallest absolute Gasteiger partial charge is 0.141 e. The molecule has 4 nitrogen and oxygen atoms in total. The first-order valence-corrected chi connectivity index (χ1v) is 8.48. The highest BCUT2D eigenvalue weighted by atomic mass is 32.1. The fraction of sp³-hybridized carbons (Fsp3) is 0.625. The van der Waals surface area contributed by atoms with E-state index in [0.717, 1.165) is 23.7 Å². The molecule has 3 heterocycles. The van der Waals surface area contributed by atoms with E-state index in [0.29, 0.717) is 6.04 Å². The summed E-state index contributed by atoms with van der Waals surface area (Å²) in [6.07, 6.45) is 4.18. The van der Waals surface area contributed by atoms with Crippen LogP contribution in [0.2, 0.25) is 0 Å². The molecule has 0 spiro atoms. The van der Waals surface area contributed by atoms with Crippen molar-refractivity contribution in [2.75, 3.05) is 18.0 Å². The lowest BCUT2D eigenvalue weighted by Crippen LogP contribution is -2.45. The molecule has 21 heavy (non-hydrogen) atoms. The van der Waals surface area contributed by atoms with Gasteiger partial charge in [0.15, 0.2) is 0 Å². The lowest BCUT2D eigenvalue weighted by molar-refractivity contribution is 0.404. The summed E-state index contributed by atoms with van der Waals surface area (Å²) in [5, 5.41) is 4.85. The van der Waals surface area contributed by atoms with Crippen LogP contribution in [0.4, 0.5) is 5.82 Å². The molecule has 3 rings (SSSR count). The van der Waals surface area contributed by atoms with Gasteiger partial charge in [-0.25, -0.2) is 9.97 Å². The van der Waals surface area contributed by atoms with Crippen molar-refractivity contribution in [1.82, 2.24) is 15.3 Å². The number of aromatic nitrogens is 2. The summed E-state index contributed by atoms with van der Waals surface area (Å²) >= 11 is 1.75. The number of hydrogen-bond acceptors (Lipinski definition) is 5. The van der Waals surface area contributed by atoms with Crippen molar-refractivity contribution < 1.29 is 0 Å².